The molecule has 3 heteroatoms. The van der Waals surface area contributed by atoms with E-state index < -0.39 is 0 Å². The predicted molar refractivity (Wildman–Crippen MR) is 82.8 cm³/mol. The molecule has 0 spiro atoms. The summed E-state index contributed by atoms with van der Waals surface area (Å²) in [6.45, 7) is 2.05. The van der Waals surface area contributed by atoms with Gasteiger partial charge in [-0.15, -0.1) is 11.3 Å². The fourth-order valence-corrected chi connectivity index (χ4v) is 3.37. The Hall–Kier alpha value is -1.35. The first-order chi connectivity index (χ1) is 9.31. The van der Waals surface area contributed by atoms with E-state index in [1.165, 1.54) is 43.4 Å². The lowest BCUT2D eigenvalue weighted by atomic mass is 9.95. The second-order valence-electron chi connectivity index (χ2n) is 5.31. The molecule has 0 saturated heterocycles. The number of nitrogens with one attached hydrogen (secondary N) is 1. The van der Waals surface area contributed by atoms with E-state index in [4.69, 9.17) is 0 Å². The van der Waals surface area contributed by atoms with Gasteiger partial charge in [0.15, 0.2) is 0 Å². The Morgan fingerprint density at radius 3 is 2.79 bits per heavy atom. The fraction of sp³-hybridized carbons (Fsp3) is 0.438. The van der Waals surface area contributed by atoms with E-state index in [1.54, 1.807) is 11.3 Å². The van der Waals surface area contributed by atoms with Gasteiger partial charge in [-0.2, -0.15) is 0 Å². The van der Waals surface area contributed by atoms with Gasteiger partial charge in [0.2, 0.25) is 0 Å². The Morgan fingerprint density at radius 1 is 1.21 bits per heavy atom. The lowest BCUT2D eigenvalue weighted by Gasteiger charge is -2.24. The number of nitrogens with zero attached hydrogens (tertiary/aromatic N) is 1. The van der Waals surface area contributed by atoms with Crippen molar-refractivity contribution >= 4 is 17.0 Å². The number of rotatable bonds is 3. The van der Waals surface area contributed by atoms with Crippen LogP contribution in [0, 0.1) is 6.92 Å². The summed E-state index contributed by atoms with van der Waals surface area (Å²) in [4.78, 5) is 4.56. The van der Waals surface area contributed by atoms with Crippen molar-refractivity contribution < 1.29 is 0 Å². The maximum atomic E-state index is 4.56. The average Bonchev–Trinajstić information content (AvgIpc) is 2.87. The molecule has 0 unspecified atom stereocenters. The molecule has 100 valence electrons. The lowest BCUT2D eigenvalue weighted by Crippen LogP contribution is -2.22. The van der Waals surface area contributed by atoms with Gasteiger partial charge < -0.3 is 5.32 Å². The number of benzene rings is 1. The van der Waals surface area contributed by atoms with Crippen molar-refractivity contribution in [2.24, 2.45) is 0 Å². The molecule has 0 bridgehead atoms. The highest BCUT2D eigenvalue weighted by molar-refractivity contribution is 7.09. The highest BCUT2D eigenvalue weighted by Crippen LogP contribution is 2.26. The van der Waals surface area contributed by atoms with E-state index >= 15 is 0 Å². The second-order valence-corrected chi connectivity index (χ2v) is 6.37. The summed E-state index contributed by atoms with van der Waals surface area (Å²) in [6.07, 6.45) is 6.74. The van der Waals surface area contributed by atoms with Crippen LogP contribution in [0.5, 0.6) is 0 Å². The number of anilines is 1. The normalized spacial score (nSPS) is 16.5. The van der Waals surface area contributed by atoms with Gasteiger partial charge in [0, 0.05) is 22.7 Å². The summed E-state index contributed by atoms with van der Waals surface area (Å²) in [5.41, 5.74) is 3.54. The standard InChI is InChI=1S/C16H20N2S/c1-12-17-16(11-19-12)13-6-5-9-15(10-13)18-14-7-3-2-4-8-14/h5-6,9-11,14,18H,2-4,7-8H2,1H3. The van der Waals surface area contributed by atoms with Crippen molar-refractivity contribution in [3.8, 4) is 11.3 Å². The summed E-state index contributed by atoms with van der Waals surface area (Å²) in [6, 6.07) is 9.30. The maximum absolute atomic E-state index is 4.56. The smallest absolute Gasteiger partial charge is 0.0901 e. The van der Waals surface area contributed by atoms with E-state index in [0.717, 1.165) is 10.7 Å². The van der Waals surface area contributed by atoms with E-state index in [1.807, 2.05) is 0 Å². The molecule has 0 radical (unpaired) electrons. The van der Waals surface area contributed by atoms with Crippen molar-refractivity contribution in [3.05, 3.63) is 34.7 Å². The molecule has 0 amide bonds. The Labute approximate surface area is 118 Å². The number of aromatic nitrogens is 1. The zero-order chi connectivity index (χ0) is 13.1. The summed E-state index contributed by atoms with van der Waals surface area (Å²) >= 11 is 1.71. The van der Waals surface area contributed by atoms with Crippen LogP contribution in [0.15, 0.2) is 29.6 Å². The topological polar surface area (TPSA) is 24.9 Å². The second kappa shape index (κ2) is 5.74. The molecule has 1 heterocycles. The highest BCUT2D eigenvalue weighted by atomic mass is 32.1. The van der Waals surface area contributed by atoms with Crippen LogP contribution in [-0.2, 0) is 0 Å². The number of aryl methyl sites for hydroxylation is 1. The molecule has 0 aliphatic heterocycles. The summed E-state index contributed by atoms with van der Waals surface area (Å²) in [5, 5.41) is 6.93. The average molecular weight is 272 g/mol. The minimum absolute atomic E-state index is 0.654. The van der Waals surface area contributed by atoms with Gasteiger partial charge in [0.1, 0.15) is 0 Å². The highest BCUT2D eigenvalue weighted by Gasteiger charge is 2.13. The van der Waals surface area contributed by atoms with Gasteiger partial charge >= 0.3 is 0 Å². The summed E-state index contributed by atoms with van der Waals surface area (Å²) in [7, 11) is 0. The predicted octanol–water partition coefficient (Wildman–Crippen LogP) is 4.86. The molecule has 0 atom stereocenters. The largest absolute Gasteiger partial charge is 0.382 e. The molecular formula is C16H20N2S. The first kappa shape index (κ1) is 12.7. The summed E-state index contributed by atoms with van der Waals surface area (Å²) in [5.74, 6) is 0. The van der Waals surface area contributed by atoms with E-state index in [2.05, 4.69) is 46.9 Å². The minimum atomic E-state index is 0.654. The Balaban J connectivity index is 1.75. The SMILES string of the molecule is Cc1nc(-c2cccc(NC3CCCCC3)c2)cs1. The van der Waals surface area contributed by atoms with Crippen LogP contribution in [-0.4, -0.2) is 11.0 Å². The van der Waals surface area contributed by atoms with Crippen LogP contribution < -0.4 is 5.32 Å². The Kier molecular flexibility index (Phi) is 3.83. The third-order valence-corrected chi connectivity index (χ3v) is 4.53. The van der Waals surface area contributed by atoms with Crippen molar-refractivity contribution in [1.82, 2.24) is 4.98 Å². The maximum Gasteiger partial charge on any atom is 0.0901 e. The third kappa shape index (κ3) is 3.16. The zero-order valence-corrected chi connectivity index (χ0v) is 12.2. The van der Waals surface area contributed by atoms with Gasteiger partial charge in [-0.1, -0.05) is 31.4 Å². The molecule has 2 nitrogen and oxygen atoms in total. The molecular weight excluding hydrogens is 252 g/mol. The van der Waals surface area contributed by atoms with Gasteiger partial charge in [-0.25, -0.2) is 4.98 Å². The number of thiazole rings is 1. The number of hydrogen-bond acceptors (Lipinski definition) is 3. The van der Waals surface area contributed by atoms with E-state index in [0.29, 0.717) is 6.04 Å². The molecule has 1 aliphatic rings. The fourth-order valence-electron chi connectivity index (χ4n) is 2.75. The molecule has 3 rings (SSSR count). The van der Waals surface area contributed by atoms with E-state index in [-0.39, 0.29) is 0 Å². The molecule has 1 N–H and O–H groups in total. The van der Waals surface area contributed by atoms with E-state index in [9.17, 15) is 0 Å². The quantitative estimate of drug-likeness (QED) is 0.862. The van der Waals surface area contributed by atoms with Crippen molar-refractivity contribution in [2.75, 3.05) is 5.32 Å². The van der Waals surface area contributed by atoms with Crippen molar-refractivity contribution in [2.45, 2.75) is 45.1 Å². The van der Waals surface area contributed by atoms with Gasteiger partial charge in [-0.05, 0) is 31.9 Å². The number of hydrogen-bond donors (Lipinski definition) is 1. The third-order valence-electron chi connectivity index (χ3n) is 3.75. The van der Waals surface area contributed by atoms with Crippen LogP contribution in [0.3, 0.4) is 0 Å². The van der Waals surface area contributed by atoms with Crippen molar-refractivity contribution in [3.63, 3.8) is 0 Å². The molecule has 2 aromatic rings. The minimum Gasteiger partial charge on any atom is -0.382 e. The Morgan fingerprint density at radius 2 is 2.05 bits per heavy atom. The molecule has 1 fully saturated rings. The van der Waals surface area contributed by atoms with Crippen LogP contribution >= 0.6 is 11.3 Å². The molecule has 19 heavy (non-hydrogen) atoms. The lowest BCUT2D eigenvalue weighted by molar-refractivity contribution is 0.463. The zero-order valence-electron chi connectivity index (χ0n) is 11.4. The van der Waals surface area contributed by atoms with Crippen molar-refractivity contribution in [1.29, 1.82) is 0 Å². The van der Waals surface area contributed by atoms with Gasteiger partial charge in [0.25, 0.3) is 0 Å². The molecule has 1 aromatic carbocycles. The van der Waals surface area contributed by atoms with Crippen LogP contribution in [0.2, 0.25) is 0 Å². The Bertz CT molecular complexity index is 541. The van der Waals surface area contributed by atoms with Gasteiger partial charge in [0.05, 0.1) is 10.7 Å². The molecule has 1 aliphatic carbocycles. The first-order valence-electron chi connectivity index (χ1n) is 7.10. The monoisotopic (exact) mass is 272 g/mol. The first-order valence-corrected chi connectivity index (χ1v) is 7.98. The summed E-state index contributed by atoms with van der Waals surface area (Å²) < 4.78 is 0. The van der Waals surface area contributed by atoms with Gasteiger partial charge in [-0.3, -0.25) is 0 Å². The molecule has 1 saturated carbocycles. The molecule has 1 aromatic heterocycles. The van der Waals surface area contributed by atoms with Crippen LogP contribution in [0.4, 0.5) is 5.69 Å². The van der Waals surface area contributed by atoms with Crippen LogP contribution in [0.1, 0.15) is 37.1 Å². The van der Waals surface area contributed by atoms with Crippen LogP contribution in [0.25, 0.3) is 11.3 Å².